The average molecular weight is 487 g/mol. The molecule has 2 saturated heterocycles. The second kappa shape index (κ2) is 8.15. The van der Waals surface area contributed by atoms with Crippen LogP contribution < -0.4 is 0 Å². The van der Waals surface area contributed by atoms with Gasteiger partial charge in [-0.25, -0.2) is 0 Å². The van der Waals surface area contributed by atoms with Crippen molar-refractivity contribution >= 4 is 27.8 Å². The Labute approximate surface area is 195 Å². The van der Waals surface area contributed by atoms with Gasteiger partial charge in [-0.05, 0) is 0 Å². The molecule has 0 spiro atoms. The third kappa shape index (κ3) is 4.47. The van der Waals surface area contributed by atoms with Crippen molar-refractivity contribution in [2.24, 2.45) is 16.2 Å². The molecule has 0 bridgehead atoms. The summed E-state index contributed by atoms with van der Waals surface area (Å²) in [6.07, 6.45) is 0. The van der Waals surface area contributed by atoms with E-state index in [0.29, 0.717) is 16.2 Å². The predicted molar refractivity (Wildman–Crippen MR) is 137 cm³/mol. The third-order valence-corrected chi connectivity index (χ3v) is 24.2. The van der Waals surface area contributed by atoms with Crippen molar-refractivity contribution in [3.8, 4) is 0 Å². The molecule has 2 aliphatic heterocycles. The molecule has 4 unspecified atom stereocenters. The summed E-state index contributed by atoms with van der Waals surface area (Å²) in [6, 6.07) is 0. The molecular weight excluding hydrogens is 444 g/mol. The van der Waals surface area contributed by atoms with Gasteiger partial charge in [-0.3, -0.25) is 0 Å². The van der Waals surface area contributed by atoms with Crippen molar-refractivity contribution in [2.45, 2.75) is 102 Å². The van der Waals surface area contributed by atoms with Gasteiger partial charge in [0.15, 0.2) is 0 Å². The molecule has 0 saturated carbocycles. The maximum Gasteiger partial charge on any atom is -0.0630 e. The quantitative estimate of drug-likeness (QED) is 0.273. The van der Waals surface area contributed by atoms with Crippen LogP contribution in [-0.2, 0) is 17.0 Å². The minimum atomic E-state index is -0.0113. The Kier molecular flexibility index (Phi) is 7.40. The van der Waals surface area contributed by atoms with Crippen LogP contribution in [0.5, 0.6) is 0 Å². The van der Waals surface area contributed by atoms with E-state index in [1.165, 1.54) is 36.1 Å². The van der Waals surface area contributed by atoms with E-state index in [1.54, 1.807) is 3.97 Å². The fourth-order valence-corrected chi connectivity index (χ4v) is 25.4. The normalized spacial score (nSPS) is 27.8. The van der Waals surface area contributed by atoms with Gasteiger partial charge in [0.05, 0.1) is 0 Å². The summed E-state index contributed by atoms with van der Waals surface area (Å²) in [5.41, 5.74) is 8.60. The Balaban J connectivity index is 0.000000253. The fourth-order valence-electron chi connectivity index (χ4n) is 4.20. The van der Waals surface area contributed by atoms with Gasteiger partial charge in [-0.1, -0.05) is 34.6 Å². The van der Waals surface area contributed by atoms with Gasteiger partial charge in [0, 0.05) is 0 Å². The van der Waals surface area contributed by atoms with E-state index < -0.39 is 0 Å². The number of fused-ring (bicyclic) bond motifs is 1. The molecule has 3 rings (SSSR count). The van der Waals surface area contributed by atoms with Gasteiger partial charge in [0.1, 0.15) is 0 Å². The topological polar surface area (TPSA) is 0 Å². The van der Waals surface area contributed by atoms with Gasteiger partial charge in [-0.15, -0.1) is 0 Å². The maximum absolute atomic E-state index is 2.99. The van der Waals surface area contributed by atoms with E-state index in [-0.39, 0.29) is 15.5 Å². The first kappa shape index (κ1) is 26.3. The number of hydrogen-bond donors (Lipinski definition) is 0. The Morgan fingerprint density at radius 2 is 1.28 bits per heavy atom. The van der Waals surface area contributed by atoms with Crippen molar-refractivity contribution in [3.63, 3.8) is 0 Å². The van der Waals surface area contributed by atoms with Crippen LogP contribution in [0.1, 0.15) is 90.1 Å². The van der Waals surface area contributed by atoms with E-state index in [4.69, 9.17) is 0 Å². The molecule has 4 heteroatoms. The van der Waals surface area contributed by atoms with Crippen molar-refractivity contribution < 1.29 is 17.0 Å². The van der Waals surface area contributed by atoms with Crippen LogP contribution in [0.4, 0.5) is 0 Å². The van der Waals surface area contributed by atoms with Crippen molar-refractivity contribution in [2.75, 3.05) is 0 Å². The van der Waals surface area contributed by atoms with Crippen LogP contribution in [0.3, 0.4) is 0 Å². The zero-order chi connectivity index (χ0) is 22.9. The smallest absolute Gasteiger partial charge is 0.0630 e. The number of hydrogen-bond acceptors (Lipinski definition) is 0. The van der Waals surface area contributed by atoms with E-state index in [0.717, 1.165) is 4.64 Å². The molecule has 0 radical (unpaired) electrons. The first-order chi connectivity index (χ1) is 12.8. The number of rotatable bonds is 1. The van der Waals surface area contributed by atoms with E-state index in [9.17, 15) is 0 Å². The Morgan fingerprint density at radius 1 is 0.862 bits per heavy atom. The molecule has 0 amide bonds. The second-order valence-corrected chi connectivity index (χ2v) is 21.8. The largest absolute Gasteiger partial charge is 0.196 e. The van der Waals surface area contributed by atoms with Crippen molar-refractivity contribution in [3.05, 3.63) is 33.2 Å². The molecule has 1 aromatic carbocycles. The molecule has 0 aliphatic carbocycles. The molecule has 29 heavy (non-hydrogen) atoms. The minimum absolute atomic E-state index is 0.0113. The van der Waals surface area contributed by atoms with Gasteiger partial charge in [0.25, 0.3) is 0 Å². The second-order valence-electron chi connectivity index (χ2n) is 12.0. The van der Waals surface area contributed by atoms with Crippen LogP contribution in [0.15, 0.2) is 0 Å². The zero-order valence-electron chi connectivity index (χ0n) is 21.3. The van der Waals surface area contributed by atoms with Crippen LogP contribution >= 0.6 is 23.8 Å². The fraction of sp³-hybridized carbons (Fsp3) is 0.720. The molecule has 2 aliphatic rings. The molecule has 2 heterocycles. The molecule has 0 aromatic heterocycles. The zero-order valence-corrected chi connectivity index (χ0v) is 25.5. The van der Waals surface area contributed by atoms with Crippen molar-refractivity contribution in [1.29, 1.82) is 0 Å². The molecular formula is C25H43P3V-2. The van der Waals surface area contributed by atoms with Gasteiger partial charge >= 0.3 is 133 Å². The summed E-state index contributed by atoms with van der Waals surface area (Å²) in [4.78, 5) is 0. The van der Waals surface area contributed by atoms with Gasteiger partial charge in [0.2, 0.25) is 0 Å². The van der Waals surface area contributed by atoms with Crippen molar-refractivity contribution in [1.82, 2.24) is 0 Å². The Morgan fingerprint density at radius 3 is 1.52 bits per heavy atom. The minimum Gasteiger partial charge on any atom is -0.196 e. The van der Waals surface area contributed by atoms with Gasteiger partial charge < -0.3 is 0 Å². The monoisotopic (exact) mass is 487 g/mol. The Hall–Kier alpha value is 1.09. The molecule has 0 nitrogen and oxygen atoms in total. The molecule has 165 valence electrons. The molecule has 2 fully saturated rings. The summed E-state index contributed by atoms with van der Waals surface area (Å²) in [6.45, 7) is 33.0. The molecule has 1 aromatic rings. The van der Waals surface area contributed by atoms with E-state index in [2.05, 4.69) is 114 Å². The summed E-state index contributed by atoms with van der Waals surface area (Å²) in [5.74, 6) is 0. The summed E-state index contributed by atoms with van der Waals surface area (Å²) in [5, 5.41) is 1.97. The van der Waals surface area contributed by atoms with Gasteiger partial charge in [-0.2, -0.15) is 27.8 Å². The van der Waals surface area contributed by atoms with Crippen LogP contribution in [0.25, 0.3) is 0 Å². The van der Waals surface area contributed by atoms with E-state index in [1.807, 2.05) is 5.40 Å². The first-order valence-corrected chi connectivity index (χ1v) is 16.0. The molecule has 0 N–H and O–H groups in total. The maximum atomic E-state index is 2.99. The average Bonchev–Trinajstić information content (AvgIpc) is 3.13. The SMILES string of the molecule is CC(C)(C)[C](=[V])P1[C-](C(C)(C)C)P2PC21C(C)(C)C.Cc1c(C)c(C)[c-](C)c1C. The van der Waals surface area contributed by atoms with Crippen LogP contribution in [0.2, 0.25) is 0 Å². The van der Waals surface area contributed by atoms with Crippen LogP contribution in [0, 0.1) is 56.3 Å². The Bertz CT molecular complexity index is 718. The third-order valence-electron chi connectivity index (χ3n) is 6.70. The predicted octanol–water partition coefficient (Wildman–Crippen LogP) is 9.48. The van der Waals surface area contributed by atoms with E-state index >= 15 is 0 Å². The summed E-state index contributed by atoms with van der Waals surface area (Å²) in [7, 11) is 1.48. The summed E-state index contributed by atoms with van der Waals surface area (Å²) < 4.78 is 2.45. The van der Waals surface area contributed by atoms with Crippen LogP contribution in [-0.4, -0.2) is 8.61 Å². The first-order valence-electron chi connectivity index (χ1n) is 10.8. The molecule has 4 atom stereocenters. The standard InChI is InChI=1S/C15H28P3.C10H15.V/c1-12(2,3)10-17-11(13(4,5)6)18-15(17,16-18)14(7,8)9;1-6-7(2)9(4)10(5)8(6)3;/h16H,1-9H3;1-5H3;/q2*-1;. The summed E-state index contributed by atoms with van der Waals surface area (Å²) >= 11 is 2.99.